The van der Waals surface area contributed by atoms with E-state index in [1.165, 1.54) is 16.7 Å². The molecule has 0 atom stereocenters. The molecule has 0 spiro atoms. The fourth-order valence-corrected chi connectivity index (χ4v) is 3.20. The Kier molecular flexibility index (Phi) is 5.31. The molecule has 1 fully saturated rings. The molecule has 0 aliphatic carbocycles. The number of piperazine rings is 1. The maximum Gasteiger partial charge on any atom is 0.227 e. The second-order valence-corrected chi connectivity index (χ2v) is 6.74. The van der Waals surface area contributed by atoms with Crippen LogP contribution in [-0.4, -0.2) is 41.9 Å². The van der Waals surface area contributed by atoms with E-state index in [2.05, 4.69) is 36.9 Å². The van der Waals surface area contributed by atoms with Gasteiger partial charge in [0.25, 0.3) is 0 Å². The van der Waals surface area contributed by atoms with E-state index in [-0.39, 0.29) is 5.91 Å². The molecular weight excluding hydrogens is 296 g/mol. The highest BCUT2D eigenvalue weighted by molar-refractivity contribution is 5.78. The lowest BCUT2D eigenvalue weighted by Gasteiger charge is -2.35. The van der Waals surface area contributed by atoms with Crippen molar-refractivity contribution in [3.05, 3.63) is 70.8 Å². The minimum atomic E-state index is 0.243. The molecule has 0 saturated carbocycles. The van der Waals surface area contributed by atoms with E-state index >= 15 is 0 Å². The summed E-state index contributed by atoms with van der Waals surface area (Å²) in [6, 6.07) is 16.7. The van der Waals surface area contributed by atoms with Crippen LogP contribution in [0.3, 0.4) is 0 Å². The van der Waals surface area contributed by atoms with Gasteiger partial charge in [0.05, 0.1) is 6.42 Å². The largest absolute Gasteiger partial charge is 0.340 e. The Bertz CT molecular complexity index is 688. The van der Waals surface area contributed by atoms with E-state index in [0.29, 0.717) is 6.42 Å². The van der Waals surface area contributed by atoms with Gasteiger partial charge in [0.2, 0.25) is 5.91 Å². The zero-order chi connectivity index (χ0) is 16.9. The Hall–Kier alpha value is -2.13. The van der Waals surface area contributed by atoms with Crippen LogP contribution in [0.15, 0.2) is 48.5 Å². The monoisotopic (exact) mass is 322 g/mol. The maximum absolute atomic E-state index is 12.4. The number of benzene rings is 2. The zero-order valence-corrected chi connectivity index (χ0v) is 14.7. The maximum atomic E-state index is 12.4. The summed E-state index contributed by atoms with van der Waals surface area (Å²) < 4.78 is 0. The topological polar surface area (TPSA) is 23.6 Å². The van der Waals surface area contributed by atoms with Crippen molar-refractivity contribution >= 4 is 5.91 Å². The smallest absolute Gasteiger partial charge is 0.227 e. The van der Waals surface area contributed by atoms with E-state index in [1.54, 1.807) is 0 Å². The second kappa shape index (κ2) is 7.63. The molecular formula is C21H26N2O. The van der Waals surface area contributed by atoms with Gasteiger partial charge in [-0.3, -0.25) is 9.69 Å². The average molecular weight is 322 g/mol. The highest BCUT2D eigenvalue weighted by Gasteiger charge is 2.21. The van der Waals surface area contributed by atoms with Crippen molar-refractivity contribution in [3.63, 3.8) is 0 Å². The van der Waals surface area contributed by atoms with Gasteiger partial charge in [-0.1, -0.05) is 48.5 Å². The number of amides is 1. The summed E-state index contributed by atoms with van der Waals surface area (Å²) in [4.78, 5) is 16.9. The lowest BCUT2D eigenvalue weighted by molar-refractivity contribution is -0.132. The van der Waals surface area contributed by atoms with Crippen LogP contribution in [0.25, 0.3) is 0 Å². The van der Waals surface area contributed by atoms with Crippen LogP contribution in [0.1, 0.15) is 22.3 Å². The van der Waals surface area contributed by atoms with Gasteiger partial charge in [-0.05, 0) is 36.1 Å². The highest BCUT2D eigenvalue weighted by Crippen LogP contribution is 2.14. The minimum absolute atomic E-state index is 0.243. The molecule has 0 unspecified atom stereocenters. The zero-order valence-electron chi connectivity index (χ0n) is 14.7. The Labute approximate surface area is 144 Å². The van der Waals surface area contributed by atoms with Crippen LogP contribution >= 0.6 is 0 Å². The Morgan fingerprint density at radius 1 is 0.875 bits per heavy atom. The van der Waals surface area contributed by atoms with Crippen molar-refractivity contribution < 1.29 is 4.79 Å². The molecule has 1 amide bonds. The molecule has 3 heteroatoms. The number of hydrogen-bond acceptors (Lipinski definition) is 2. The molecule has 0 aromatic heterocycles. The van der Waals surface area contributed by atoms with Gasteiger partial charge < -0.3 is 4.90 Å². The summed E-state index contributed by atoms with van der Waals surface area (Å²) in [5.41, 5.74) is 5.15. The third-order valence-corrected chi connectivity index (χ3v) is 4.90. The van der Waals surface area contributed by atoms with E-state index in [4.69, 9.17) is 0 Å². The number of carbonyl (C=O) groups is 1. The number of aryl methyl sites for hydroxylation is 2. The number of carbonyl (C=O) groups excluding carboxylic acids is 1. The van der Waals surface area contributed by atoms with Crippen LogP contribution in [0, 0.1) is 13.8 Å². The van der Waals surface area contributed by atoms with E-state index in [9.17, 15) is 4.79 Å². The summed E-state index contributed by atoms with van der Waals surface area (Å²) >= 11 is 0. The first-order chi connectivity index (χ1) is 11.6. The van der Waals surface area contributed by atoms with Gasteiger partial charge in [-0.25, -0.2) is 0 Å². The quantitative estimate of drug-likeness (QED) is 0.863. The summed E-state index contributed by atoms with van der Waals surface area (Å²) in [5, 5.41) is 0. The molecule has 2 aromatic carbocycles. The molecule has 2 aromatic rings. The van der Waals surface area contributed by atoms with Gasteiger partial charge in [0.15, 0.2) is 0 Å². The van der Waals surface area contributed by atoms with Crippen LogP contribution < -0.4 is 0 Å². The lowest BCUT2D eigenvalue weighted by Crippen LogP contribution is -2.48. The van der Waals surface area contributed by atoms with E-state index in [0.717, 1.165) is 38.3 Å². The normalized spacial score (nSPS) is 15.5. The molecule has 3 nitrogen and oxygen atoms in total. The Balaban J connectivity index is 1.50. The molecule has 0 radical (unpaired) electrons. The second-order valence-electron chi connectivity index (χ2n) is 6.74. The van der Waals surface area contributed by atoms with Crippen LogP contribution in [0.5, 0.6) is 0 Å². The number of nitrogens with zero attached hydrogens (tertiary/aromatic N) is 2. The van der Waals surface area contributed by atoms with Gasteiger partial charge in [0.1, 0.15) is 0 Å². The third-order valence-electron chi connectivity index (χ3n) is 4.90. The van der Waals surface area contributed by atoms with Crippen molar-refractivity contribution in [2.24, 2.45) is 0 Å². The van der Waals surface area contributed by atoms with Crippen molar-refractivity contribution in [2.75, 3.05) is 26.2 Å². The Morgan fingerprint density at radius 2 is 1.58 bits per heavy atom. The van der Waals surface area contributed by atoms with Crippen LogP contribution in [0.2, 0.25) is 0 Å². The van der Waals surface area contributed by atoms with Crippen LogP contribution in [0.4, 0.5) is 0 Å². The molecule has 1 saturated heterocycles. The molecule has 1 aliphatic heterocycles. The van der Waals surface area contributed by atoms with Crippen molar-refractivity contribution in [1.29, 1.82) is 0 Å². The lowest BCUT2D eigenvalue weighted by atomic mass is 10.1. The fourth-order valence-electron chi connectivity index (χ4n) is 3.20. The van der Waals surface area contributed by atoms with E-state index < -0.39 is 0 Å². The van der Waals surface area contributed by atoms with Crippen molar-refractivity contribution in [2.45, 2.75) is 26.8 Å². The van der Waals surface area contributed by atoms with Crippen molar-refractivity contribution in [1.82, 2.24) is 9.80 Å². The van der Waals surface area contributed by atoms with Crippen molar-refractivity contribution in [3.8, 4) is 0 Å². The molecule has 126 valence electrons. The standard InChI is InChI=1S/C21H26N2O/c1-17-8-9-20(14-18(17)2)16-22-10-12-23(13-11-22)21(24)15-19-6-4-3-5-7-19/h3-9,14H,10-13,15-16H2,1-2H3. The molecule has 24 heavy (non-hydrogen) atoms. The van der Waals surface area contributed by atoms with E-state index in [1.807, 2.05) is 35.2 Å². The summed E-state index contributed by atoms with van der Waals surface area (Å²) in [7, 11) is 0. The molecule has 1 heterocycles. The SMILES string of the molecule is Cc1ccc(CN2CCN(C(=O)Cc3ccccc3)CC2)cc1C. The first kappa shape index (κ1) is 16.7. The summed E-state index contributed by atoms with van der Waals surface area (Å²) in [5.74, 6) is 0.243. The summed E-state index contributed by atoms with van der Waals surface area (Å²) in [6.07, 6.45) is 0.512. The van der Waals surface area contributed by atoms with Gasteiger partial charge in [-0.2, -0.15) is 0 Å². The molecule has 1 aliphatic rings. The predicted octanol–water partition coefficient (Wildman–Crippen LogP) is 3.19. The van der Waals surface area contributed by atoms with Gasteiger partial charge in [-0.15, -0.1) is 0 Å². The van der Waals surface area contributed by atoms with Crippen LogP contribution in [-0.2, 0) is 17.8 Å². The number of rotatable bonds is 4. The molecule has 3 rings (SSSR count). The van der Waals surface area contributed by atoms with Gasteiger partial charge in [0, 0.05) is 32.7 Å². The fraction of sp³-hybridized carbons (Fsp3) is 0.381. The Morgan fingerprint density at radius 3 is 2.25 bits per heavy atom. The molecule has 0 N–H and O–H groups in total. The first-order valence-corrected chi connectivity index (χ1v) is 8.72. The highest BCUT2D eigenvalue weighted by atomic mass is 16.2. The summed E-state index contributed by atoms with van der Waals surface area (Å²) in [6.45, 7) is 8.85. The van der Waals surface area contributed by atoms with Gasteiger partial charge >= 0.3 is 0 Å². The average Bonchev–Trinajstić information content (AvgIpc) is 2.60. The number of hydrogen-bond donors (Lipinski definition) is 0. The predicted molar refractivity (Wildman–Crippen MR) is 97.9 cm³/mol. The third kappa shape index (κ3) is 4.24. The molecule has 0 bridgehead atoms. The first-order valence-electron chi connectivity index (χ1n) is 8.72. The minimum Gasteiger partial charge on any atom is -0.340 e.